The van der Waals surface area contributed by atoms with E-state index in [1.54, 1.807) is 0 Å². The molecule has 1 unspecified atom stereocenters. The van der Waals surface area contributed by atoms with Gasteiger partial charge in [-0.1, -0.05) is 66.7 Å². The molecule has 130 valence electrons. The molecule has 1 aliphatic carbocycles. The molecule has 0 amide bonds. The van der Waals surface area contributed by atoms with Gasteiger partial charge in [-0.3, -0.25) is 4.79 Å². The zero-order valence-corrected chi connectivity index (χ0v) is 15.3. The van der Waals surface area contributed by atoms with E-state index in [0.717, 1.165) is 28.8 Å². The Bertz CT molecular complexity index is 753. The van der Waals surface area contributed by atoms with Crippen LogP contribution in [0.15, 0.2) is 72.1 Å². The molecule has 0 bridgehead atoms. The van der Waals surface area contributed by atoms with E-state index < -0.39 is 7.14 Å². The molecule has 3 nitrogen and oxygen atoms in total. The second kappa shape index (κ2) is 7.84. The summed E-state index contributed by atoms with van der Waals surface area (Å²) in [6.45, 7) is 2.19. The van der Waals surface area contributed by atoms with Gasteiger partial charge < -0.3 is 9.30 Å². The lowest BCUT2D eigenvalue weighted by Crippen LogP contribution is -2.24. The maximum Gasteiger partial charge on any atom is 0.309 e. The standard InChI is InChI=1S/C21H23O3P/c1-2-24-21(22)17-10-9-15-20(16-17)25(23,18-11-5-3-6-12-18)19-13-7-4-8-14-19/h3-8,11-15,17H,2,9-10,16H2,1H3. The van der Waals surface area contributed by atoms with Crippen LogP contribution in [0.2, 0.25) is 0 Å². The van der Waals surface area contributed by atoms with Crippen LogP contribution in [0.4, 0.5) is 0 Å². The quantitative estimate of drug-likeness (QED) is 0.596. The van der Waals surface area contributed by atoms with Crippen LogP contribution in [0.25, 0.3) is 0 Å². The van der Waals surface area contributed by atoms with E-state index in [9.17, 15) is 9.36 Å². The third-order valence-electron chi connectivity index (χ3n) is 4.61. The van der Waals surface area contributed by atoms with E-state index >= 15 is 0 Å². The third kappa shape index (κ3) is 3.62. The molecule has 2 aromatic rings. The Morgan fingerprint density at radius 2 is 1.60 bits per heavy atom. The van der Waals surface area contributed by atoms with Crippen LogP contribution in [0.1, 0.15) is 26.2 Å². The van der Waals surface area contributed by atoms with Crippen molar-refractivity contribution in [2.24, 2.45) is 5.92 Å². The van der Waals surface area contributed by atoms with Crippen LogP contribution in [0, 0.1) is 5.92 Å². The summed E-state index contributed by atoms with van der Waals surface area (Å²) < 4.78 is 19.5. The first-order valence-corrected chi connectivity index (χ1v) is 10.4. The number of hydrogen-bond donors (Lipinski definition) is 0. The summed E-state index contributed by atoms with van der Waals surface area (Å²) in [7, 11) is -2.94. The van der Waals surface area contributed by atoms with E-state index in [1.807, 2.05) is 67.6 Å². The molecule has 0 aromatic heterocycles. The first-order valence-electron chi connectivity index (χ1n) is 8.73. The fourth-order valence-corrected chi connectivity index (χ4v) is 6.37. The second-order valence-corrected chi connectivity index (χ2v) is 9.03. The van der Waals surface area contributed by atoms with Crippen LogP contribution in [0.5, 0.6) is 0 Å². The highest BCUT2D eigenvalue weighted by molar-refractivity contribution is 7.82. The van der Waals surface area contributed by atoms with Crippen LogP contribution in [0.3, 0.4) is 0 Å². The Labute approximate surface area is 149 Å². The van der Waals surface area contributed by atoms with Gasteiger partial charge in [-0.25, -0.2) is 0 Å². The molecule has 4 heteroatoms. The number of benzene rings is 2. The lowest BCUT2D eigenvalue weighted by molar-refractivity contribution is -0.148. The maximum absolute atomic E-state index is 14.3. The van der Waals surface area contributed by atoms with Crippen molar-refractivity contribution in [3.05, 3.63) is 72.1 Å². The van der Waals surface area contributed by atoms with Crippen molar-refractivity contribution in [3.63, 3.8) is 0 Å². The molecule has 0 spiro atoms. The van der Waals surface area contributed by atoms with Gasteiger partial charge in [0.1, 0.15) is 0 Å². The van der Waals surface area contributed by atoms with Gasteiger partial charge in [0.2, 0.25) is 0 Å². The van der Waals surface area contributed by atoms with E-state index in [-0.39, 0.29) is 11.9 Å². The summed E-state index contributed by atoms with van der Waals surface area (Å²) in [6, 6.07) is 19.2. The Morgan fingerprint density at radius 3 is 2.12 bits per heavy atom. The van der Waals surface area contributed by atoms with Gasteiger partial charge in [0.05, 0.1) is 12.5 Å². The molecule has 25 heavy (non-hydrogen) atoms. The van der Waals surface area contributed by atoms with E-state index in [2.05, 4.69) is 6.08 Å². The van der Waals surface area contributed by atoms with Crippen LogP contribution in [-0.2, 0) is 14.1 Å². The lowest BCUT2D eigenvalue weighted by atomic mass is 9.94. The largest absolute Gasteiger partial charge is 0.466 e. The molecule has 0 aliphatic heterocycles. The molecule has 0 radical (unpaired) electrons. The van der Waals surface area contributed by atoms with Crippen LogP contribution in [-0.4, -0.2) is 12.6 Å². The monoisotopic (exact) mass is 354 g/mol. The van der Waals surface area contributed by atoms with Crippen molar-refractivity contribution in [2.45, 2.75) is 26.2 Å². The van der Waals surface area contributed by atoms with E-state index in [1.165, 1.54) is 0 Å². The van der Waals surface area contributed by atoms with Gasteiger partial charge in [0.25, 0.3) is 0 Å². The molecular weight excluding hydrogens is 331 g/mol. The van der Waals surface area contributed by atoms with Crippen molar-refractivity contribution in [2.75, 3.05) is 6.61 Å². The molecule has 0 fully saturated rings. The average Bonchev–Trinajstić information content (AvgIpc) is 2.69. The predicted octanol–water partition coefficient (Wildman–Crippen LogP) is 4.25. The van der Waals surface area contributed by atoms with Gasteiger partial charge >= 0.3 is 5.97 Å². The number of hydrogen-bond acceptors (Lipinski definition) is 3. The fourth-order valence-electron chi connectivity index (χ4n) is 3.36. The van der Waals surface area contributed by atoms with Crippen LogP contribution >= 0.6 is 7.14 Å². The van der Waals surface area contributed by atoms with Gasteiger partial charge in [0, 0.05) is 10.6 Å². The minimum absolute atomic E-state index is 0.180. The third-order valence-corrected chi connectivity index (χ3v) is 7.84. The summed E-state index contributed by atoms with van der Waals surface area (Å²) in [5, 5.41) is 2.50. The summed E-state index contributed by atoms with van der Waals surface area (Å²) in [6.07, 6.45) is 4.07. The molecule has 0 N–H and O–H groups in total. The fraction of sp³-hybridized carbons (Fsp3) is 0.286. The van der Waals surface area contributed by atoms with Crippen molar-refractivity contribution in [1.29, 1.82) is 0 Å². The highest BCUT2D eigenvalue weighted by atomic mass is 31.2. The summed E-state index contributed by atoms with van der Waals surface area (Å²) in [4.78, 5) is 12.2. The molecule has 0 heterocycles. The molecule has 1 atom stereocenters. The number of carbonyl (C=O) groups excluding carboxylic acids is 1. The summed E-state index contributed by atoms with van der Waals surface area (Å²) in [5.74, 6) is -0.388. The molecule has 0 saturated carbocycles. The van der Waals surface area contributed by atoms with E-state index in [4.69, 9.17) is 4.74 Å². The van der Waals surface area contributed by atoms with Crippen molar-refractivity contribution >= 4 is 23.7 Å². The number of ether oxygens (including phenoxy) is 1. The molecular formula is C21H23O3P. The van der Waals surface area contributed by atoms with Crippen molar-refractivity contribution < 1.29 is 14.1 Å². The average molecular weight is 354 g/mol. The first kappa shape index (κ1) is 17.7. The first-order chi connectivity index (χ1) is 12.2. The van der Waals surface area contributed by atoms with Gasteiger partial charge in [0.15, 0.2) is 7.14 Å². The highest BCUT2D eigenvalue weighted by Crippen LogP contribution is 2.55. The van der Waals surface area contributed by atoms with Gasteiger partial charge in [-0.2, -0.15) is 0 Å². The number of allylic oxidation sites excluding steroid dienone is 2. The zero-order chi connectivity index (χ0) is 17.7. The Balaban J connectivity index is 2.03. The number of carbonyl (C=O) groups is 1. The Kier molecular flexibility index (Phi) is 5.55. The summed E-state index contributed by atoms with van der Waals surface area (Å²) >= 11 is 0. The topological polar surface area (TPSA) is 43.4 Å². The molecule has 3 rings (SSSR count). The molecule has 2 aromatic carbocycles. The normalized spacial score (nSPS) is 17.6. The second-order valence-electron chi connectivity index (χ2n) is 6.21. The van der Waals surface area contributed by atoms with E-state index in [0.29, 0.717) is 13.0 Å². The van der Waals surface area contributed by atoms with Crippen molar-refractivity contribution in [3.8, 4) is 0 Å². The molecule has 1 aliphatic rings. The maximum atomic E-state index is 14.3. The summed E-state index contributed by atoms with van der Waals surface area (Å²) in [5.41, 5.74) is 0. The van der Waals surface area contributed by atoms with Gasteiger partial charge in [-0.15, -0.1) is 0 Å². The SMILES string of the molecule is CCOC(=O)C1CCC=C(P(=O)(c2ccccc2)c2ccccc2)C1. The Hall–Kier alpha value is -2.12. The Morgan fingerprint density at radius 1 is 1.04 bits per heavy atom. The predicted molar refractivity (Wildman–Crippen MR) is 102 cm³/mol. The lowest BCUT2D eigenvalue weighted by Gasteiger charge is -2.28. The van der Waals surface area contributed by atoms with Gasteiger partial charge in [-0.05, 0) is 31.5 Å². The number of rotatable bonds is 5. The number of esters is 1. The highest BCUT2D eigenvalue weighted by Gasteiger charge is 2.36. The minimum Gasteiger partial charge on any atom is -0.466 e. The van der Waals surface area contributed by atoms with Crippen LogP contribution < -0.4 is 10.6 Å². The smallest absolute Gasteiger partial charge is 0.309 e. The minimum atomic E-state index is -2.94. The molecule has 0 saturated heterocycles. The zero-order valence-electron chi connectivity index (χ0n) is 14.4. The van der Waals surface area contributed by atoms with Crippen molar-refractivity contribution in [1.82, 2.24) is 0 Å².